The highest BCUT2D eigenvalue weighted by Gasteiger charge is 2.17. The first-order chi connectivity index (χ1) is 14.7. The topological polar surface area (TPSA) is 77.5 Å². The largest absolute Gasteiger partial charge is 0.379 e. The van der Waals surface area contributed by atoms with Gasteiger partial charge in [-0.1, -0.05) is 30.3 Å². The molecule has 0 bridgehead atoms. The molecule has 3 aromatic heterocycles. The molecule has 0 radical (unpaired) electrons. The number of hydrogen-bond acceptors (Lipinski definition) is 6. The van der Waals surface area contributed by atoms with Crippen LogP contribution in [0.5, 0.6) is 0 Å². The summed E-state index contributed by atoms with van der Waals surface area (Å²) < 4.78 is 8.84. The minimum Gasteiger partial charge on any atom is -0.379 e. The van der Waals surface area contributed by atoms with Crippen molar-refractivity contribution >= 4 is 16.7 Å². The van der Waals surface area contributed by atoms with Gasteiger partial charge in [0, 0.05) is 32.4 Å². The molecule has 0 amide bonds. The molecule has 0 N–H and O–H groups in total. The second kappa shape index (κ2) is 7.97. The number of rotatable bonds is 5. The van der Waals surface area contributed by atoms with Crippen molar-refractivity contribution in [3.8, 4) is 11.1 Å². The van der Waals surface area contributed by atoms with Gasteiger partial charge in [0.1, 0.15) is 5.52 Å². The van der Waals surface area contributed by atoms with E-state index in [1.165, 1.54) is 0 Å². The molecule has 0 saturated carbocycles. The van der Waals surface area contributed by atoms with Crippen LogP contribution in [-0.4, -0.2) is 62.1 Å². The number of fused-ring (bicyclic) bond motifs is 3. The Balaban J connectivity index is 1.47. The number of nitrogens with zero attached hydrogens (tertiary/aromatic N) is 6. The first-order valence-electron chi connectivity index (χ1n) is 10.3. The molecule has 154 valence electrons. The van der Waals surface area contributed by atoms with Gasteiger partial charge in [-0.25, -0.2) is 4.52 Å². The summed E-state index contributed by atoms with van der Waals surface area (Å²) in [6, 6.07) is 11.9. The number of ether oxygens (including phenoxy) is 1. The Hall–Kier alpha value is -3.10. The van der Waals surface area contributed by atoms with E-state index in [4.69, 9.17) is 4.74 Å². The Bertz CT molecular complexity index is 1240. The van der Waals surface area contributed by atoms with Crippen LogP contribution in [0.2, 0.25) is 0 Å². The molecule has 4 aromatic rings. The van der Waals surface area contributed by atoms with Crippen molar-refractivity contribution in [3.05, 3.63) is 58.6 Å². The molecule has 8 nitrogen and oxygen atoms in total. The van der Waals surface area contributed by atoms with Crippen molar-refractivity contribution in [2.24, 2.45) is 0 Å². The third-order valence-corrected chi connectivity index (χ3v) is 5.67. The number of hydrogen-bond donors (Lipinski definition) is 0. The van der Waals surface area contributed by atoms with Crippen LogP contribution in [0.15, 0.2) is 47.4 Å². The van der Waals surface area contributed by atoms with Crippen LogP contribution in [0.3, 0.4) is 0 Å². The summed E-state index contributed by atoms with van der Waals surface area (Å²) in [6.07, 6.45) is 2.74. The maximum absolute atomic E-state index is 13.0. The van der Waals surface area contributed by atoms with Crippen LogP contribution in [-0.2, 0) is 11.3 Å². The molecular formula is C22H24N6O2. The molecule has 1 aliphatic heterocycles. The van der Waals surface area contributed by atoms with E-state index in [0.717, 1.165) is 56.1 Å². The van der Waals surface area contributed by atoms with Crippen LogP contribution in [0.4, 0.5) is 0 Å². The fraction of sp³-hybridized carbons (Fsp3) is 0.364. The lowest BCUT2D eigenvalue weighted by Crippen LogP contribution is -2.37. The van der Waals surface area contributed by atoms with Gasteiger partial charge >= 0.3 is 0 Å². The van der Waals surface area contributed by atoms with Crippen molar-refractivity contribution in [1.29, 1.82) is 0 Å². The number of aromatic nitrogens is 5. The van der Waals surface area contributed by atoms with Crippen LogP contribution < -0.4 is 5.56 Å². The zero-order chi connectivity index (χ0) is 20.5. The van der Waals surface area contributed by atoms with E-state index in [1.54, 1.807) is 9.08 Å². The van der Waals surface area contributed by atoms with Crippen molar-refractivity contribution < 1.29 is 4.74 Å². The maximum Gasteiger partial charge on any atom is 0.280 e. The van der Waals surface area contributed by atoms with Gasteiger partial charge in [0.2, 0.25) is 0 Å². The lowest BCUT2D eigenvalue weighted by atomic mass is 10.1. The molecule has 1 aliphatic rings. The summed E-state index contributed by atoms with van der Waals surface area (Å²) in [5.74, 6) is 0. The van der Waals surface area contributed by atoms with E-state index in [9.17, 15) is 4.79 Å². The van der Waals surface area contributed by atoms with Gasteiger partial charge in [-0.15, -0.1) is 10.2 Å². The van der Waals surface area contributed by atoms with E-state index >= 15 is 0 Å². The highest BCUT2D eigenvalue weighted by Crippen LogP contribution is 2.27. The molecule has 5 rings (SSSR count). The standard InChI is InChI=1S/C22H24N6O2/c1-16-19(17-6-3-2-4-7-17)21-24-23-20-18(28(21)25-16)8-11-27(22(20)29)10-5-9-26-12-14-30-15-13-26/h2-4,6-8,11H,5,9-10,12-15H2,1H3. The maximum atomic E-state index is 13.0. The second-order valence-electron chi connectivity index (χ2n) is 7.62. The Kier molecular flexibility index (Phi) is 5.02. The fourth-order valence-corrected chi connectivity index (χ4v) is 4.10. The van der Waals surface area contributed by atoms with Crippen molar-refractivity contribution in [3.63, 3.8) is 0 Å². The normalized spacial score (nSPS) is 15.2. The van der Waals surface area contributed by atoms with Crippen molar-refractivity contribution in [2.45, 2.75) is 19.9 Å². The Morgan fingerprint density at radius 1 is 1.03 bits per heavy atom. The summed E-state index contributed by atoms with van der Waals surface area (Å²) in [5.41, 5.74) is 4.40. The van der Waals surface area contributed by atoms with Gasteiger partial charge in [0.25, 0.3) is 5.56 Å². The Morgan fingerprint density at radius 3 is 2.63 bits per heavy atom. The molecule has 8 heteroatoms. The summed E-state index contributed by atoms with van der Waals surface area (Å²) >= 11 is 0. The summed E-state index contributed by atoms with van der Waals surface area (Å²) in [5, 5.41) is 13.3. The van der Waals surface area contributed by atoms with E-state index in [0.29, 0.717) is 23.2 Å². The van der Waals surface area contributed by atoms with Crippen LogP contribution >= 0.6 is 0 Å². The Morgan fingerprint density at radius 2 is 1.83 bits per heavy atom. The number of benzene rings is 1. The Labute approximate surface area is 173 Å². The minimum absolute atomic E-state index is 0.127. The average molecular weight is 404 g/mol. The van der Waals surface area contributed by atoms with Crippen LogP contribution in [0.1, 0.15) is 12.1 Å². The summed E-state index contributed by atoms with van der Waals surface area (Å²) in [7, 11) is 0. The number of aryl methyl sites for hydroxylation is 2. The quantitative estimate of drug-likeness (QED) is 0.507. The fourth-order valence-electron chi connectivity index (χ4n) is 4.10. The lowest BCUT2D eigenvalue weighted by molar-refractivity contribution is 0.0369. The molecule has 0 unspecified atom stereocenters. The van der Waals surface area contributed by atoms with Crippen LogP contribution in [0, 0.1) is 6.92 Å². The molecule has 0 spiro atoms. The smallest absolute Gasteiger partial charge is 0.280 e. The first-order valence-corrected chi connectivity index (χ1v) is 10.3. The number of pyridine rings is 1. The zero-order valence-corrected chi connectivity index (χ0v) is 17.0. The second-order valence-corrected chi connectivity index (χ2v) is 7.62. The highest BCUT2D eigenvalue weighted by atomic mass is 16.5. The van der Waals surface area contributed by atoms with Gasteiger partial charge in [-0.3, -0.25) is 9.69 Å². The predicted molar refractivity (Wildman–Crippen MR) is 115 cm³/mol. The third-order valence-electron chi connectivity index (χ3n) is 5.67. The molecule has 30 heavy (non-hydrogen) atoms. The van der Waals surface area contributed by atoms with Crippen LogP contribution in [0.25, 0.3) is 27.8 Å². The SMILES string of the molecule is Cc1nn2c(nnc3c(=O)n(CCCN4CCOCC4)ccc32)c1-c1ccccc1. The van der Waals surface area contributed by atoms with Gasteiger partial charge in [-0.2, -0.15) is 5.10 Å². The minimum atomic E-state index is -0.127. The third kappa shape index (κ3) is 3.38. The van der Waals surface area contributed by atoms with Gasteiger partial charge in [0.05, 0.1) is 24.5 Å². The molecule has 0 atom stereocenters. The van der Waals surface area contributed by atoms with E-state index in [2.05, 4.69) is 20.2 Å². The molecule has 4 heterocycles. The van der Waals surface area contributed by atoms with E-state index < -0.39 is 0 Å². The van der Waals surface area contributed by atoms with Gasteiger partial charge in [0.15, 0.2) is 11.2 Å². The zero-order valence-electron chi connectivity index (χ0n) is 17.0. The number of morpholine rings is 1. The summed E-state index contributed by atoms with van der Waals surface area (Å²) in [4.78, 5) is 15.4. The molecule has 1 aromatic carbocycles. The monoisotopic (exact) mass is 404 g/mol. The van der Waals surface area contributed by atoms with Crippen molar-refractivity contribution in [1.82, 2.24) is 29.3 Å². The molecular weight excluding hydrogens is 380 g/mol. The predicted octanol–water partition coefficient (Wildman–Crippen LogP) is 2.14. The average Bonchev–Trinajstić information content (AvgIpc) is 3.13. The molecule has 0 aliphatic carbocycles. The summed E-state index contributed by atoms with van der Waals surface area (Å²) in [6.45, 7) is 7.05. The van der Waals surface area contributed by atoms with Crippen molar-refractivity contribution in [2.75, 3.05) is 32.8 Å². The van der Waals surface area contributed by atoms with Gasteiger partial charge < -0.3 is 9.30 Å². The molecule has 1 saturated heterocycles. The van der Waals surface area contributed by atoms with E-state index in [1.807, 2.05) is 49.5 Å². The first kappa shape index (κ1) is 18.9. The highest BCUT2D eigenvalue weighted by molar-refractivity contribution is 5.84. The molecule has 1 fully saturated rings. The lowest BCUT2D eigenvalue weighted by Gasteiger charge is -2.26. The van der Waals surface area contributed by atoms with E-state index in [-0.39, 0.29) is 5.56 Å². The van der Waals surface area contributed by atoms with Gasteiger partial charge in [-0.05, 0) is 25.0 Å².